The van der Waals surface area contributed by atoms with E-state index >= 15 is 0 Å². The number of fused-ring (bicyclic) bond motifs is 1. The predicted octanol–water partition coefficient (Wildman–Crippen LogP) is 3.65. The lowest BCUT2D eigenvalue weighted by Gasteiger charge is -2.17. The quantitative estimate of drug-likeness (QED) is 0.496. The molecule has 0 bridgehead atoms. The molecule has 0 amide bonds. The number of aryl methyl sites for hydroxylation is 1. The van der Waals surface area contributed by atoms with Crippen LogP contribution >= 0.6 is 0 Å². The zero-order valence-corrected chi connectivity index (χ0v) is 18.2. The fraction of sp³-hybridized carbons (Fsp3) is 0.250. The molecule has 0 aliphatic carbocycles. The highest BCUT2D eigenvalue weighted by atomic mass is 16.5. The van der Waals surface area contributed by atoms with Gasteiger partial charge in [0, 0.05) is 25.2 Å². The minimum Gasteiger partial charge on any atom is -0.493 e. The summed E-state index contributed by atoms with van der Waals surface area (Å²) < 4.78 is 12.2. The molecule has 7 nitrogen and oxygen atoms in total. The van der Waals surface area contributed by atoms with E-state index in [0.717, 1.165) is 22.5 Å². The van der Waals surface area contributed by atoms with Crippen molar-refractivity contribution in [2.75, 3.05) is 21.3 Å². The molecule has 0 aliphatic heterocycles. The summed E-state index contributed by atoms with van der Waals surface area (Å²) in [6.45, 7) is 3.28. The maximum atomic E-state index is 12.6. The molecule has 31 heavy (non-hydrogen) atoms. The van der Waals surface area contributed by atoms with Gasteiger partial charge in [0.15, 0.2) is 17.1 Å². The molecule has 4 aromatic rings. The van der Waals surface area contributed by atoms with Crippen molar-refractivity contribution in [2.24, 2.45) is 0 Å². The van der Waals surface area contributed by atoms with Gasteiger partial charge in [-0.15, -0.1) is 0 Å². The number of aromatic nitrogens is 3. The molecule has 1 N–H and O–H groups in total. The molecule has 0 unspecified atom stereocenters. The molecule has 0 atom stereocenters. The highest BCUT2D eigenvalue weighted by Crippen LogP contribution is 2.28. The number of benzene rings is 2. The predicted molar refractivity (Wildman–Crippen MR) is 121 cm³/mol. The summed E-state index contributed by atoms with van der Waals surface area (Å²) in [5.41, 5.74) is 5.36. The summed E-state index contributed by atoms with van der Waals surface area (Å²) in [4.78, 5) is 19.4. The first kappa shape index (κ1) is 20.7. The number of hydrogen-bond donors (Lipinski definition) is 1. The molecule has 7 heteroatoms. The van der Waals surface area contributed by atoms with Crippen LogP contribution in [-0.4, -0.2) is 40.8 Å². The van der Waals surface area contributed by atoms with E-state index in [-0.39, 0.29) is 5.56 Å². The van der Waals surface area contributed by atoms with Crippen LogP contribution in [0.4, 0.5) is 0 Å². The first-order valence-corrected chi connectivity index (χ1v) is 10.0. The number of nitrogens with zero attached hydrogens (tertiary/aromatic N) is 3. The molecule has 0 saturated heterocycles. The fourth-order valence-electron chi connectivity index (χ4n) is 3.63. The SMILES string of the molecule is COc1ccc(CN(C)Cc2cc(=O)n3[nH]c(-c4ccc(C)cc4)cc3n2)cc1OC. The van der Waals surface area contributed by atoms with Crippen LogP contribution in [0, 0.1) is 6.92 Å². The molecule has 4 rings (SSSR count). The Balaban J connectivity index is 1.54. The van der Waals surface area contributed by atoms with Crippen LogP contribution in [0.2, 0.25) is 0 Å². The third-order valence-electron chi connectivity index (χ3n) is 5.20. The van der Waals surface area contributed by atoms with E-state index in [9.17, 15) is 4.79 Å². The van der Waals surface area contributed by atoms with Crippen molar-refractivity contribution in [3.05, 3.63) is 81.8 Å². The minimum absolute atomic E-state index is 0.127. The molecule has 160 valence electrons. The number of nitrogens with one attached hydrogen (secondary N) is 1. The molecule has 2 aromatic heterocycles. The average Bonchev–Trinajstić information content (AvgIpc) is 3.18. The fourth-order valence-corrected chi connectivity index (χ4v) is 3.63. The van der Waals surface area contributed by atoms with E-state index < -0.39 is 0 Å². The lowest BCUT2D eigenvalue weighted by atomic mass is 10.1. The number of methoxy groups -OCH3 is 2. The third-order valence-corrected chi connectivity index (χ3v) is 5.20. The van der Waals surface area contributed by atoms with Crippen molar-refractivity contribution in [1.82, 2.24) is 19.5 Å². The van der Waals surface area contributed by atoms with Gasteiger partial charge in [0.05, 0.1) is 25.6 Å². The van der Waals surface area contributed by atoms with E-state index in [2.05, 4.69) is 15.0 Å². The van der Waals surface area contributed by atoms with Crippen molar-refractivity contribution < 1.29 is 9.47 Å². The first-order valence-electron chi connectivity index (χ1n) is 10.0. The summed E-state index contributed by atoms with van der Waals surface area (Å²) in [6.07, 6.45) is 0. The van der Waals surface area contributed by atoms with Gasteiger partial charge in [0.2, 0.25) is 0 Å². The largest absolute Gasteiger partial charge is 0.493 e. The standard InChI is InChI=1S/C24H26N4O3/c1-16-5-8-18(9-6-16)20-13-23-25-19(12-24(29)28(23)26-20)15-27(2)14-17-7-10-21(30-3)22(11-17)31-4/h5-13,26H,14-15H2,1-4H3. The van der Waals surface area contributed by atoms with Gasteiger partial charge in [-0.3, -0.25) is 14.8 Å². The molecular formula is C24H26N4O3. The Hall–Kier alpha value is -3.58. The zero-order valence-electron chi connectivity index (χ0n) is 18.2. The normalized spacial score (nSPS) is 11.3. The van der Waals surface area contributed by atoms with Gasteiger partial charge in [-0.25, -0.2) is 9.50 Å². The number of hydrogen-bond acceptors (Lipinski definition) is 5. The number of ether oxygens (including phenoxy) is 2. The molecule has 2 aromatic carbocycles. The summed E-state index contributed by atoms with van der Waals surface area (Å²) >= 11 is 0. The Kier molecular flexibility index (Phi) is 5.77. The van der Waals surface area contributed by atoms with Gasteiger partial charge in [-0.05, 0) is 37.2 Å². The molecule has 0 saturated carbocycles. The van der Waals surface area contributed by atoms with Crippen molar-refractivity contribution >= 4 is 5.65 Å². The van der Waals surface area contributed by atoms with Gasteiger partial charge in [-0.1, -0.05) is 35.9 Å². The minimum atomic E-state index is -0.127. The van der Waals surface area contributed by atoms with Crippen LogP contribution in [0.15, 0.2) is 59.4 Å². The second kappa shape index (κ2) is 8.65. The van der Waals surface area contributed by atoms with Crippen molar-refractivity contribution in [1.29, 1.82) is 0 Å². The second-order valence-electron chi connectivity index (χ2n) is 7.68. The Morgan fingerprint density at radius 3 is 2.42 bits per heavy atom. The smallest absolute Gasteiger partial charge is 0.272 e. The van der Waals surface area contributed by atoms with Crippen LogP contribution in [-0.2, 0) is 13.1 Å². The third kappa shape index (κ3) is 4.46. The maximum Gasteiger partial charge on any atom is 0.272 e. The van der Waals surface area contributed by atoms with Gasteiger partial charge in [0.25, 0.3) is 5.56 Å². The molecular weight excluding hydrogens is 392 g/mol. The summed E-state index contributed by atoms with van der Waals surface area (Å²) in [7, 11) is 5.24. The van der Waals surface area contributed by atoms with Crippen LogP contribution in [0.5, 0.6) is 11.5 Å². The van der Waals surface area contributed by atoms with Crippen molar-refractivity contribution in [3.8, 4) is 22.8 Å². The number of aromatic amines is 1. The Morgan fingerprint density at radius 2 is 1.71 bits per heavy atom. The lowest BCUT2D eigenvalue weighted by molar-refractivity contribution is 0.312. The van der Waals surface area contributed by atoms with E-state index in [1.807, 2.05) is 62.5 Å². The highest BCUT2D eigenvalue weighted by molar-refractivity contribution is 5.64. The zero-order chi connectivity index (χ0) is 22.0. The van der Waals surface area contributed by atoms with Gasteiger partial charge in [-0.2, -0.15) is 0 Å². The molecule has 2 heterocycles. The molecule has 0 radical (unpaired) electrons. The van der Waals surface area contributed by atoms with E-state index in [1.165, 1.54) is 10.1 Å². The summed E-state index contributed by atoms with van der Waals surface area (Å²) in [5.74, 6) is 1.40. The van der Waals surface area contributed by atoms with Gasteiger partial charge < -0.3 is 9.47 Å². The lowest BCUT2D eigenvalue weighted by Crippen LogP contribution is -2.21. The van der Waals surface area contributed by atoms with Crippen LogP contribution in [0.1, 0.15) is 16.8 Å². The number of H-pyrrole nitrogens is 1. The molecule has 0 fully saturated rings. The van der Waals surface area contributed by atoms with Gasteiger partial charge in [0.1, 0.15) is 0 Å². The maximum absolute atomic E-state index is 12.6. The molecule has 0 spiro atoms. The van der Waals surface area contributed by atoms with E-state index in [4.69, 9.17) is 9.47 Å². The summed E-state index contributed by atoms with van der Waals surface area (Å²) in [5, 5.41) is 3.15. The van der Waals surface area contributed by atoms with E-state index in [1.54, 1.807) is 20.3 Å². The van der Waals surface area contributed by atoms with Gasteiger partial charge >= 0.3 is 0 Å². The van der Waals surface area contributed by atoms with E-state index in [0.29, 0.717) is 30.2 Å². The van der Waals surface area contributed by atoms with Crippen LogP contribution < -0.4 is 15.0 Å². The monoisotopic (exact) mass is 418 g/mol. The average molecular weight is 418 g/mol. The van der Waals surface area contributed by atoms with Crippen molar-refractivity contribution in [3.63, 3.8) is 0 Å². The second-order valence-corrected chi connectivity index (χ2v) is 7.68. The van der Waals surface area contributed by atoms with Crippen molar-refractivity contribution in [2.45, 2.75) is 20.0 Å². The topological polar surface area (TPSA) is 71.9 Å². The summed E-state index contributed by atoms with van der Waals surface area (Å²) in [6, 6.07) is 17.5. The van der Waals surface area contributed by atoms with Crippen LogP contribution in [0.25, 0.3) is 16.9 Å². The molecule has 0 aliphatic rings. The Morgan fingerprint density at radius 1 is 0.968 bits per heavy atom. The Labute approximate surface area is 180 Å². The first-order chi connectivity index (χ1) is 15.0. The highest BCUT2D eigenvalue weighted by Gasteiger charge is 2.11. The Bertz CT molecular complexity index is 1260. The number of rotatable bonds is 7. The van der Waals surface area contributed by atoms with Crippen LogP contribution in [0.3, 0.4) is 0 Å².